The molecule has 18 heavy (non-hydrogen) atoms. The number of rotatable bonds is 4. The summed E-state index contributed by atoms with van der Waals surface area (Å²) in [5.41, 5.74) is -0.282. The zero-order valence-electron chi connectivity index (χ0n) is 10.0. The van der Waals surface area contributed by atoms with E-state index in [1.807, 2.05) is 0 Å². The van der Waals surface area contributed by atoms with Crippen LogP contribution in [-0.4, -0.2) is 19.3 Å². The Morgan fingerprint density at radius 1 is 1.00 bits per heavy atom. The molecule has 6 heteroatoms. The minimum absolute atomic E-state index is 0.0115. The number of halogens is 5. The Kier molecular flexibility index (Phi) is 4.32. The molecule has 1 nitrogen and oxygen atoms in total. The van der Waals surface area contributed by atoms with Gasteiger partial charge in [-0.3, -0.25) is 0 Å². The first-order chi connectivity index (χ1) is 8.12. The molecule has 0 amide bonds. The first-order valence-electron chi connectivity index (χ1n) is 5.35. The molecule has 0 aromatic heterocycles. The second-order valence-electron chi connectivity index (χ2n) is 4.73. The Hall–Kier alpha value is -1.17. The van der Waals surface area contributed by atoms with Crippen molar-refractivity contribution in [3.63, 3.8) is 0 Å². The standard InChI is InChI=1S/C12H14F5N/c1-11(2,6-18-7-12(15,16)17)8-3-4-9(13)10(14)5-8/h3-5,18H,6-7H2,1-2H3. The topological polar surface area (TPSA) is 12.0 Å². The summed E-state index contributed by atoms with van der Waals surface area (Å²) in [5.74, 6) is -1.98. The fourth-order valence-electron chi connectivity index (χ4n) is 1.54. The Bertz CT molecular complexity index is 411. The van der Waals surface area contributed by atoms with Crippen molar-refractivity contribution in [2.24, 2.45) is 0 Å². The largest absolute Gasteiger partial charge is 0.401 e. The predicted octanol–water partition coefficient (Wildman–Crippen LogP) is 3.39. The van der Waals surface area contributed by atoms with Gasteiger partial charge in [-0.05, 0) is 17.7 Å². The van der Waals surface area contributed by atoms with Gasteiger partial charge in [0.05, 0.1) is 6.54 Å². The quantitative estimate of drug-likeness (QED) is 0.824. The van der Waals surface area contributed by atoms with Gasteiger partial charge >= 0.3 is 6.18 Å². The van der Waals surface area contributed by atoms with Gasteiger partial charge in [0.15, 0.2) is 11.6 Å². The van der Waals surface area contributed by atoms with Crippen LogP contribution >= 0.6 is 0 Å². The smallest absolute Gasteiger partial charge is 0.308 e. The van der Waals surface area contributed by atoms with Crippen LogP contribution in [0.5, 0.6) is 0 Å². The van der Waals surface area contributed by atoms with E-state index < -0.39 is 29.8 Å². The molecule has 0 saturated heterocycles. The Labute approximate surface area is 102 Å². The van der Waals surface area contributed by atoms with Gasteiger partial charge in [-0.15, -0.1) is 0 Å². The summed E-state index contributed by atoms with van der Waals surface area (Å²) in [7, 11) is 0. The van der Waals surface area contributed by atoms with Crippen LogP contribution in [0.2, 0.25) is 0 Å². The minimum Gasteiger partial charge on any atom is -0.308 e. The predicted molar refractivity (Wildman–Crippen MR) is 58.3 cm³/mol. The lowest BCUT2D eigenvalue weighted by Crippen LogP contribution is -2.38. The highest BCUT2D eigenvalue weighted by Crippen LogP contribution is 2.24. The molecule has 0 saturated carbocycles. The fraction of sp³-hybridized carbons (Fsp3) is 0.500. The molecular formula is C12H14F5N. The molecule has 0 bridgehead atoms. The molecule has 0 atom stereocenters. The van der Waals surface area contributed by atoms with E-state index in [9.17, 15) is 22.0 Å². The summed E-state index contributed by atoms with van der Waals surface area (Å²) in [6.07, 6.45) is -4.29. The summed E-state index contributed by atoms with van der Waals surface area (Å²) in [5, 5.41) is 2.26. The molecule has 1 aromatic carbocycles. The maximum atomic E-state index is 13.0. The van der Waals surface area contributed by atoms with Gasteiger partial charge in [0.25, 0.3) is 0 Å². The fourth-order valence-corrected chi connectivity index (χ4v) is 1.54. The van der Waals surface area contributed by atoms with E-state index in [0.717, 1.165) is 12.1 Å². The van der Waals surface area contributed by atoms with Crippen LogP contribution in [0, 0.1) is 11.6 Å². The van der Waals surface area contributed by atoms with Crippen LogP contribution in [0.4, 0.5) is 22.0 Å². The number of benzene rings is 1. The van der Waals surface area contributed by atoms with Gasteiger partial charge in [0, 0.05) is 12.0 Å². The van der Waals surface area contributed by atoms with Gasteiger partial charge in [0.2, 0.25) is 0 Å². The van der Waals surface area contributed by atoms with Gasteiger partial charge in [-0.25, -0.2) is 8.78 Å². The lowest BCUT2D eigenvalue weighted by molar-refractivity contribution is -0.125. The lowest BCUT2D eigenvalue weighted by Gasteiger charge is -2.26. The number of alkyl halides is 3. The van der Waals surface area contributed by atoms with E-state index in [1.54, 1.807) is 13.8 Å². The molecule has 102 valence electrons. The highest BCUT2D eigenvalue weighted by atomic mass is 19.4. The second kappa shape index (κ2) is 5.22. The lowest BCUT2D eigenvalue weighted by atomic mass is 9.84. The first-order valence-corrected chi connectivity index (χ1v) is 5.35. The Morgan fingerprint density at radius 3 is 2.11 bits per heavy atom. The van der Waals surface area contributed by atoms with Crippen molar-refractivity contribution in [2.45, 2.75) is 25.4 Å². The van der Waals surface area contributed by atoms with E-state index in [1.165, 1.54) is 6.07 Å². The number of nitrogens with one attached hydrogen (secondary N) is 1. The molecule has 0 fully saturated rings. The van der Waals surface area contributed by atoms with E-state index in [0.29, 0.717) is 5.56 Å². The van der Waals surface area contributed by atoms with Gasteiger partial charge in [0.1, 0.15) is 0 Å². The van der Waals surface area contributed by atoms with E-state index in [2.05, 4.69) is 5.32 Å². The van der Waals surface area contributed by atoms with Crippen molar-refractivity contribution >= 4 is 0 Å². The zero-order valence-corrected chi connectivity index (χ0v) is 10.0. The van der Waals surface area contributed by atoms with Crippen LogP contribution in [0.25, 0.3) is 0 Å². The van der Waals surface area contributed by atoms with Crippen LogP contribution in [-0.2, 0) is 5.41 Å². The molecular weight excluding hydrogens is 253 g/mol. The third-order valence-corrected chi connectivity index (χ3v) is 2.59. The first kappa shape index (κ1) is 14.9. The summed E-state index contributed by atoms with van der Waals surface area (Å²) < 4.78 is 61.7. The minimum atomic E-state index is -4.29. The molecule has 1 aromatic rings. The highest BCUT2D eigenvalue weighted by Gasteiger charge is 2.28. The molecule has 0 aliphatic rings. The van der Waals surface area contributed by atoms with Crippen molar-refractivity contribution in [3.8, 4) is 0 Å². The van der Waals surface area contributed by atoms with E-state index >= 15 is 0 Å². The SMILES string of the molecule is CC(C)(CNCC(F)(F)F)c1ccc(F)c(F)c1. The van der Waals surface area contributed by atoms with E-state index in [-0.39, 0.29) is 6.54 Å². The van der Waals surface area contributed by atoms with Crippen molar-refractivity contribution in [3.05, 3.63) is 35.4 Å². The summed E-state index contributed by atoms with van der Waals surface area (Å²) in [6.45, 7) is 2.21. The molecule has 0 aliphatic heterocycles. The van der Waals surface area contributed by atoms with Crippen molar-refractivity contribution in [2.75, 3.05) is 13.1 Å². The maximum Gasteiger partial charge on any atom is 0.401 e. The van der Waals surface area contributed by atoms with Gasteiger partial charge in [-0.2, -0.15) is 13.2 Å². The Balaban J connectivity index is 2.70. The summed E-state index contributed by atoms with van der Waals surface area (Å²) >= 11 is 0. The third kappa shape index (κ3) is 4.25. The third-order valence-electron chi connectivity index (χ3n) is 2.59. The molecule has 0 heterocycles. The van der Waals surface area contributed by atoms with Crippen molar-refractivity contribution < 1.29 is 22.0 Å². The second-order valence-corrected chi connectivity index (χ2v) is 4.73. The monoisotopic (exact) mass is 267 g/mol. The van der Waals surface area contributed by atoms with E-state index in [4.69, 9.17) is 0 Å². The molecule has 0 aliphatic carbocycles. The molecule has 1 N–H and O–H groups in total. The van der Waals surface area contributed by atoms with Crippen LogP contribution < -0.4 is 5.32 Å². The van der Waals surface area contributed by atoms with Crippen LogP contribution in [0.3, 0.4) is 0 Å². The van der Waals surface area contributed by atoms with Crippen LogP contribution in [0.15, 0.2) is 18.2 Å². The normalized spacial score (nSPS) is 12.8. The van der Waals surface area contributed by atoms with Gasteiger partial charge in [-0.1, -0.05) is 19.9 Å². The Morgan fingerprint density at radius 2 is 1.61 bits per heavy atom. The number of hydrogen-bond donors (Lipinski definition) is 1. The molecule has 0 radical (unpaired) electrons. The van der Waals surface area contributed by atoms with Gasteiger partial charge < -0.3 is 5.32 Å². The highest BCUT2D eigenvalue weighted by molar-refractivity contribution is 5.25. The summed E-state index contributed by atoms with van der Waals surface area (Å²) in [4.78, 5) is 0. The average molecular weight is 267 g/mol. The zero-order chi connectivity index (χ0) is 14.0. The molecule has 1 rings (SSSR count). The van der Waals surface area contributed by atoms with Crippen molar-refractivity contribution in [1.29, 1.82) is 0 Å². The van der Waals surface area contributed by atoms with Crippen LogP contribution in [0.1, 0.15) is 19.4 Å². The van der Waals surface area contributed by atoms with Crippen molar-refractivity contribution in [1.82, 2.24) is 5.32 Å². The summed E-state index contributed by atoms with van der Waals surface area (Å²) in [6, 6.07) is 3.34. The number of hydrogen-bond acceptors (Lipinski definition) is 1. The average Bonchev–Trinajstić information content (AvgIpc) is 2.19. The maximum absolute atomic E-state index is 13.0. The molecule has 0 spiro atoms. The molecule has 0 unspecified atom stereocenters.